The molecule has 0 radical (unpaired) electrons. The lowest BCUT2D eigenvalue weighted by atomic mass is 9.89. The Morgan fingerprint density at radius 3 is 2.33 bits per heavy atom. The van der Waals surface area contributed by atoms with Crippen molar-refractivity contribution in [1.82, 2.24) is 10.3 Å². The summed E-state index contributed by atoms with van der Waals surface area (Å²) in [6.07, 6.45) is 4.88. The highest BCUT2D eigenvalue weighted by atomic mass is 35.5. The monoisotopic (exact) mass is 578 g/mol. The van der Waals surface area contributed by atoms with Crippen molar-refractivity contribution in [3.63, 3.8) is 0 Å². The first-order chi connectivity index (χ1) is 19.5. The predicted octanol–water partition coefficient (Wildman–Crippen LogP) is 5.43. The molecule has 0 bridgehead atoms. The maximum Gasteiger partial charge on any atom is 0.184 e. The molecule has 2 heterocycles. The fourth-order valence-electron chi connectivity index (χ4n) is 5.69. The van der Waals surface area contributed by atoms with Gasteiger partial charge < -0.3 is 15.5 Å². The summed E-state index contributed by atoms with van der Waals surface area (Å²) in [6.45, 7) is 5.80. The van der Waals surface area contributed by atoms with E-state index in [4.69, 9.17) is 29.6 Å². The van der Waals surface area contributed by atoms with Gasteiger partial charge in [0.1, 0.15) is 5.82 Å². The first kappa shape index (κ1) is 28.3. The molecule has 2 fully saturated rings. The van der Waals surface area contributed by atoms with Crippen LogP contribution in [0.2, 0.25) is 5.02 Å². The van der Waals surface area contributed by atoms with E-state index < -0.39 is 0 Å². The Labute approximate surface area is 246 Å². The van der Waals surface area contributed by atoms with Crippen LogP contribution in [-0.2, 0) is 13.0 Å². The smallest absolute Gasteiger partial charge is 0.184 e. The zero-order chi connectivity index (χ0) is 27.9. The van der Waals surface area contributed by atoms with E-state index in [0.29, 0.717) is 17.2 Å². The molecule has 0 saturated carbocycles. The Morgan fingerprint density at radius 2 is 1.62 bits per heavy atom. The number of nitrogens with zero attached hydrogens (tertiary/aromatic N) is 4. The first-order valence-electron chi connectivity index (χ1n) is 13.9. The minimum absolute atomic E-state index is 0.0753. The van der Waals surface area contributed by atoms with E-state index in [2.05, 4.69) is 61.6 Å². The number of piperazine rings is 1. The molecule has 6 nitrogen and oxygen atoms in total. The van der Waals surface area contributed by atoms with Crippen LogP contribution in [0.15, 0.2) is 71.8 Å². The molecule has 3 N–H and O–H groups in total. The summed E-state index contributed by atoms with van der Waals surface area (Å²) in [5.41, 5.74) is 13.0. The second kappa shape index (κ2) is 13.4. The molecule has 0 spiro atoms. The number of nitrogens with two attached hydrogens (primary N) is 1. The number of halogens is 2. The summed E-state index contributed by atoms with van der Waals surface area (Å²) in [7, 11) is 0. The molecule has 3 aromatic carbocycles. The number of hydrogen-bond donors (Lipinski definition) is 2. The molecule has 0 unspecified atom stereocenters. The van der Waals surface area contributed by atoms with Gasteiger partial charge in [0.15, 0.2) is 5.11 Å². The van der Waals surface area contributed by atoms with E-state index in [1.165, 1.54) is 5.56 Å². The highest BCUT2D eigenvalue weighted by Gasteiger charge is 2.25. The van der Waals surface area contributed by atoms with Crippen molar-refractivity contribution in [2.24, 2.45) is 16.8 Å². The van der Waals surface area contributed by atoms with Crippen molar-refractivity contribution >= 4 is 46.5 Å². The van der Waals surface area contributed by atoms with Crippen LogP contribution in [0.3, 0.4) is 0 Å². The molecule has 0 atom stereocenters. The highest BCUT2D eigenvalue weighted by Crippen LogP contribution is 2.33. The lowest BCUT2D eigenvalue weighted by Crippen LogP contribution is -2.46. The summed E-state index contributed by atoms with van der Waals surface area (Å²) in [4.78, 5) is 6.88. The van der Waals surface area contributed by atoms with Gasteiger partial charge in [-0.15, -0.1) is 0 Å². The molecule has 5 rings (SSSR count). The van der Waals surface area contributed by atoms with Crippen LogP contribution in [0.4, 0.5) is 15.8 Å². The molecular weight excluding hydrogens is 543 g/mol. The number of piperidine rings is 1. The van der Waals surface area contributed by atoms with Crippen LogP contribution in [0.25, 0.3) is 0 Å². The van der Waals surface area contributed by atoms with Gasteiger partial charge in [-0.1, -0.05) is 60.1 Å². The Kier molecular flexibility index (Phi) is 9.52. The standard InChI is InChI=1S/C31H36ClFN6S/c32-27-9-5-4-8-25(27)22-37-14-16-39(17-15-37)30-20-29(26(19-28(30)33)21-35-36-31(34)40)38-12-10-24(11-13-38)18-23-6-2-1-3-7-23/h1-9,19-21,24H,10-18,22H2,(H3,34,36,40)/b35-21+. The number of anilines is 2. The summed E-state index contributed by atoms with van der Waals surface area (Å²) < 4.78 is 15.5. The van der Waals surface area contributed by atoms with Gasteiger partial charge in [0, 0.05) is 62.1 Å². The summed E-state index contributed by atoms with van der Waals surface area (Å²) >= 11 is 11.3. The van der Waals surface area contributed by atoms with E-state index in [1.807, 2.05) is 24.3 Å². The number of nitrogens with one attached hydrogen (secondary N) is 1. The Balaban J connectivity index is 1.29. The molecule has 0 aromatic heterocycles. The van der Waals surface area contributed by atoms with Crippen LogP contribution in [0.1, 0.15) is 29.5 Å². The van der Waals surface area contributed by atoms with E-state index >= 15 is 4.39 Å². The second-order valence-corrected chi connectivity index (χ2v) is 11.4. The van der Waals surface area contributed by atoms with Gasteiger partial charge in [0.2, 0.25) is 0 Å². The van der Waals surface area contributed by atoms with Gasteiger partial charge >= 0.3 is 0 Å². The summed E-state index contributed by atoms with van der Waals surface area (Å²) in [5, 5.41) is 5.00. The third kappa shape index (κ3) is 7.30. The molecule has 0 aliphatic carbocycles. The van der Waals surface area contributed by atoms with Crippen LogP contribution >= 0.6 is 23.8 Å². The molecule has 2 aliphatic heterocycles. The van der Waals surface area contributed by atoms with Crippen molar-refractivity contribution in [3.8, 4) is 0 Å². The molecular formula is C31H36ClFN6S. The Hall–Kier alpha value is -3.20. The molecule has 9 heteroatoms. The molecule has 2 aliphatic rings. The van der Waals surface area contributed by atoms with Gasteiger partial charge in [-0.2, -0.15) is 5.10 Å². The van der Waals surface area contributed by atoms with Gasteiger partial charge in [-0.05, 0) is 66.7 Å². The summed E-state index contributed by atoms with van der Waals surface area (Å²) in [5.74, 6) is 0.386. The lowest BCUT2D eigenvalue weighted by Gasteiger charge is -2.38. The largest absolute Gasteiger partial charge is 0.375 e. The van der Waals surface area contributed by atoms with E-state index in [1.54, 1.807) is 12.3 Å². The molecule has 2 saturated heterocycles. The predicted molar refractivity (Wildman–Crippen MR) is 168 cm³/mol. The van der Waals surface area contributed by atoms with Crippen LogP contribution in [0, 0.1) is 11.7 Å². The van der Waals surface area contributed by atoms with Crippen LogP contribution in [-0.4, -0.2) is 55.5 Å². The van der Waals surface area contributed by atoms with Crippen LogP contribution < -0.4 is 21.0 Å². The maximum atomic E-state index is 15.5. The number of rotatable bonds is 8. The second-order valence-electron chi connectivity index (χ2n) is 10.6. The Bertz CT molecular complexity index is 1320. The number of thiocarbonyl (C=S) groups is 1. The van der Waals surface area contributed by atoms with Crippen LogP contribution in [0.5, 0.6) is 0 Å². The molecule has 40 heavy (non-hydrogen) atoms. The fourth-order valence-corrected chi connectivity index (χ4v) is 5.94. The number of benzene rings is 3. The van der Waals surface area contributed by atoms with Crippen molar-refractivity contribution in [2.45, 2.75) is 25.8 Å². The van der Waals surface area contributed by atoms with Gasteiger partial charge in [0.05, 0.1) is 11.9 Å². The first-order valence-corrected chi connectivity index (χ1v) is 14.7. The average molecular weight is 579 g/mol. The van der Waals surface area contributed by atoms with Crippen molar-refractivity contribution < 1.29 is 4.39 Å². The average Bonchev–Trinajstić information content (AvgIpc) is 2.96. The van der Waals surface area contributed by atoms with Crippen molar-refractivity contribution in [1.29, 1.82) is 0 Å². The minimum atomic E-state index is -0.251. The molecule has 210 valence electrons. The minimum Gasteiger partial charge on any atom is -0.375 e. The molecule has 0 amide bonds. The van der Waals surface area contributed by atoms with Crippen molar-refractivity contribution in [2.75, 3.05) is 49.1 Å². The quantitative estimate of drug-likeness (QED) is 0.211. The van der Waals surface area contributed by atoms with Gasteiger partial charge in [-0.3, -0.25) is 10.3 Å². The van der Waals surface area contributed by atoms with E-state index in [9.17, 15) is 0 Å². The summed E-state index contributed by atoms with van der Waals surface area (Å²) in [6, 6.07) is 22.2. The highest BCUT2D eigenvalue weighted by molar-refractivity contribution is 7.80. The van der Waals surface area contributed by atoms with E-state index in [-0.39, 0.29) is 10.9 Å². The van der Waals surface area contributed by atoms with E-state index in [0.717, 1.165) is 81.3 Å². The topological polar surface area (TPSA) is 60.1 Å². The third-order valence-corrected chi connectivity index (χ3v) is 8.32. The zero-order valence-corrected chi connectivity index (χ0v) is 24.2. The van der Waals surface area contributed by atoms with Gasteiger partial charge in [-0.25, -0.2) is 4.39 Å². The van der Waals surface area contributed by atoms with Gasteiger partial charge in [0.25, 0.3) is 0 Å². The number of hydrogen-bond acceptors (Lipinski definition) is 5. The maximum absolute atomic E-state index is 15.5. The van der Waals surface area contributed by atoms with Crippen molar-refractivity contribution in [3.05, 3.63) is 94.3 Å². The fraction of sp³-hybridized carbons (Fsp3) is 0.355. The normalized spacial score (nSPS) is 16.9. The molecule has 3 aromatic rings. The number of hydrazone groups is 1. The SMILES string of the molecule is NC(=S)N/N=C/c1cc(F)c(N2CCN(Cc3ccccc3Cl)CC2)cc1N1CCC(Cc2ccccc2)CC1. The lowest BCUT2D eigenvalue weighted by molar-refractivity contribution is 0.249. The zero-order valence-electron chi connectivity index (χ0n) is 22.6. The Morgan fingerprint density at radius 1 is 0.950 bits per heavy atom. The third-order valence-electron chi connectivity index (χ3n) is 7.86.